The Bertz CT molecular complexity index is 493. The average molecular weight is 283 g/mol. The Kier molecular flexibility index (Phi) is 4.02. The van der Waals surface area contributed by atoms with Crippen molar-refractivity contribution in [2.75, 3.05) is 19.0 Å². The second kappa shape index (κ2) is 5.39. The maximum absolute atomic E-state index is 12.3. The molecule has 2 rings (SSSR count). The van der Waals surface area contributed by atoms with E-state index in [9.17, 15) is 4.79 Å². The lowest BCUT2D eigenvalue weighted by Crippen LogP contribution is -2.47. The molecule has 19 heavy (non-hydrogen) atoms. The first kappa shape index (κ1) is 14.2. The fraction of sp³-hybridized carbons (Fsp3) is 0.500. The van der Waals surface area contributed by atoms with Gasteiger partial charge in [-0.15, -0.1) is 0 Å². The molecule has 0 unspecified atom stereocenters. The van der Waals surface area contributed by atoms with E-state index in [-0.39, 0.29) is 5.91 Å². The van der Waals surface area contributed by atoms with E-state index >= 15 is 0 Å². The van der Waals surface area contributed by atoms with Crippen molar-refractivity contribution in [1.29, 1.82) is 0 Å². The predicted octanol–water partition coefficient (Wildman–Crippen LogP) is 2.72. The summed E-state index contributed by atoms with van der Waals surface area (Å²) in [5, 5.41) is 3.54. The van der Waals surface area contributed by atoms with E-state index in [1.54, 1.807) is 13.2 Å². The van der Waals surface area contributed by atoms with Crippen LogP contribution in [0, 0.1) is 12.3 Å². The molecule has 1 fully saturated rings. The Morgan fingerprint density at radius 2 is 2.21 bits per heavy atom. The van der Waals surface area contributed by atoms with Crippen molar-refractivity contribution in [3.8, 4) is 5.75 Å². The van der Waals surface area contributed by atoms with Gasteiger partial charge in [-0.05, 0) is 31.4 Å². The van der Waals surface area contributed by atoms with Crippen molar-refractivity contribution in [3.63, 3.8) is 0 Å². The van der Waals surface area contributed by atoms with Crippen LogP contribution < -0.4 is 15.8 Å². The summed E-state index contributed by atoms with van der Waals surface area (Å²) in [5.41, 5.74) is 6.87. The molecule has 1 aromatic carbocycles. The summed E-state index contributed by atoms with van der Waals surface area (Å²) in [6.07, 6.45) is 2.76. The molecule has 1 aromatic rings. The smallest absolute Gasteiger partial charge is 0.231 e. The molecule has 0 saturated heterocycles. The number of aryl methyl sites for hydroxylation is 1. The number of ether oxygens (including phenoxy) is 1. The van der Waals surface area contributed by atoms with Crippen LogP contribution in [0.4, 0.5) is 5.69 Å². The molecule has 0 aromatic heterocycles. The third kappa shape index (κ3) is 2.55. The molecule has 0 heterocycles. The molecule has 3 N–H and O–H groups in total. The summed E-state index contributed by atoms with van der Waals surface area (Å²) in [5.74, 6) is 0.539. The third-order valence-corrected chi connectivity index (χ3v) is 4.32. The van der Waals surface area contributed by atoms with Gasteiger partial charge >= 0.3 is 0 Å². The quantitative estimate of drug-likeness (QED) is 0.892. The van der Waals surface area contributed by atoms with Gasteiger partial charge in [-0.1, -0.05) is 18.0 Å². The number of amides is 1. The van der Waals surface area contributed by atoms with Crippen LogP contribution in [0.1, 0.15) is 24.8 Å². The minimum atomic E-state index is -0.404. The Hall–Kier alpha value is -1.26. The molecule has 0 radical (unpaired) electrons. The summed E-state index contributed by atoms with van der Waals surface area (Å²) in [6.45, 7) is 2.27. The zero-order chi connectivity index (χ0) is 14.0. The van der Waals surface area contributed by atoms with E-state index < -0.39 is 5.41 Å². The minimum absolute atomic E-state index is 0.0266. The van der Waals surface area contributed by atoms with Gasteiger partial charge in [0.1, 0.15) is 5.75 Å². The number of hydrogen-bond acceptors (Lipinski definition) is 3. The molecule has 104 valence electrons. The summed E-state index contributed by atoms with van der Waals surface area (Å²) in [7, 11) is 1.55. The average Bonchev–Trinajstić information content (AvgIpc) is 2.33. The molecule has 4 nitrogen and oxygen atoms in total. The van der Waals surface area contributed by atoms with Gasteiger partial charge in [0.2, 0.25) is 5.91 Å². The van der Waals surface area contributed by atoms with Crippen molar-refractivity contribution >= 4 is 23.2 Å². The van der Waals surface area contributed by atoms with E-state index in [4.69, 9.17) is 22.1 Å². The predicted molar refractivity (Wildman–Crippen MR) is 76.7 cm³/mol. The molecular formula is C14H19ClN2O2. The first-order valence-electron chi connectivity index (χ1n) is 6.38. The highest BCUT2D eigenvalue weighted by molar-refractivity contribution is 6.31. The highest BCUT2D eigenvalue weighted by atomic mass is 35.5. The lowest BCUT2D eigenvalue weighted by Gasteiger charge is -2.39. The van der Waals surface area contributed by atoms with E-state index in [0.717, 1.165) is 24.8 Å². The van der Waals surface area contributed by atoms with Crippen LogP contribution in [0.15, 0.2) is 12.1 Å². The lowest BCUT2D eigenvalue weighted by molar-refractivity contribution is -0.129. The largest absolute Gasteiger partial charge is 0.495 e. The molecule has 5 heteroatoms. The number of halogens is 1. The maximum atomic E-state index is 12.3. The molecule has 1 saturated carbocycles. The maximum Gasteiger partial charge on any atom is 0.231 e. The van der Waals surface area contributed by atoms with E-state index in [1.165, 1.54) is 0 Å². The second-order valence-corrected chi connectivity index (χ2v) is 5.50. The van der Waals surface area contributed by atoms with Crippen molar-refractivity contribution in [2.24, 2.45) is 11.1 Å². The standard InChI is InChI=1S/C14H19ClN2O2/c1-9-6-11(12(19-2)7-10(9)15)17-13(18)14(8-16)4-3-5-14/h6-7H,3-5,8,16H2,1-2H3,(H,17,18). The molecule has 1 amide bonds. The number of rotatable bonds is 4. The first-order valence-corrected chi connectivity index (χ1v) is 6.76. The fourth-order valence-corrected chi connectivity index (χ4v) is 2.47. The molecule has 0 aliphatic heterocycles. The van der Waals surface area contributed by atoms with Gasteiger partial charge in [0.15, 0.2) is 0 Å². The number of nitrogens with one attached hydrogen (secondary N) is 1. The van der Waals surface area contributed by atoms with Crippen molar-refractivity contribution in [3.05, 3.63) is 22.7 Å². The minimum Gasteiger partial charge on any atom is -0.495 e. The van der Waals surface area contributed by atoms with Crippen molar-refractivity contribution in [1.82, 2.24) is 0 Å². The Balaban J connectivity index is 2.23. The van der Waals surface area contributed by atoms with Gasteiger partial charge in [0, 0.05) is 17.6 Å². The van der Waals surface area contributed by atoms with Crippen LogP contribution >= 0.6 is 11.6 Å². The van der Waals surface area contributed by atoms with E-state index in [2.05, 4.69) is 5.32 Å². The SMILES string of the molecule is COc1cc(Cl)c(C)cc1NC(=O)C1(CN)CCC1. The molecule has 0 atom stereocenters. The number of carbonyl (C=O) groups is 1. The second-order valence-electron chi connectivity index (χ2n) is 5.09. The van der Waals surface area contributed by atoms with Crippen LogP contribution in [0.5, 0.6) is 5.75 Å². The monoisotopic (exact) mass is 282 g/mol. The van der Waals surface area contributed by atoms with Crippen LogP contribution in [0.25, 0.3) is 0 Å². The van der Waals surface area contributed by atoms with Crippen molar-refractivity contribution < 1.29 is 9.53 Å². The number of anilines is 1. The van der Waals surface area contributed by atoms with Gasteiger partial charge in [0.05, 0.1) is 18.2 Å². The summed E-state index contributed by atoms with van der Waals surface area (Å²) in [6, 6.07) is 3.53. The molecule has 0 bridgehead atoms. The Labute approximate surface area is 118 Å². The first-order chi connectivity index (χ1) is 9.02. The molecule has 1 aliphatic rings. The highest BCUT2D eigenvalue weighted by Crippen LogP contribution is 2.41. The molecular weight excluding hydrogens is 264 g/mol. The van der Waals surface area contributed by atoms with Crippen LogP contribution in [0.3, 0.4) is 0 Å². The molecule has 1 aliphatic carbocycles. The number of benzene rings is 1. The zero-order valence-corrected chi connectivity index (χ0v) is 12.0. The normalized spacial score (nSPS) is 16.6. The van der Waals surface area contributed by atoms with E-state index in [1.807, 2.05) is 13.0 Å². The number of hydrogen-bond donors (Lipinski definition) is 2. The van der Waals surface area contributed by atoms with Crippen LogP contribution in [0.2, 0.25) is 5.02 Å². The van der Waals surface area contributed by atoms with Gasteiger partial charge in [0.25, 0.3) is 0 Å². The molecule has 0 spiro atoms. The summed E-state index contributed by atoms with van der Waals surface area (Å²) < 4.78 is 5.25. The lowest BCUT2D eigenvalue weighted by atomic mass is 9.68. The summed E-state index contributed by atoms with van der Waals surface area (Å²) in [4.78, 5) is 12.3. The third-order valence-electron chi connectivity index (χ3n) is 3.91. The topological polar surface area (TPSA) is 64.3 Å². The van der Waals surface area contributed by atoms with Gasteiger partial charge in [-0.25, -0.2) is 0 Å². The van der Waals surface area contributed by atoms with Gasteiger partial charge in [-0.3, -0.25) is 4.79 Å². The van der Waals surface area contributed by atoms with Crippen molar-refractivity contribution in [2.45, 2.75) is 26.2 Å². The Morgan fingerprint density at radius 1 is 1.53 bits per heavy atom. The number of methoxy groups -OCH3 is 1. The van der Waals surface area contributed by atoms with Gasteiger partial charge in [-0.2, -0.15) is 0 Å². The highest BCUT2D eigenvalue weighted by Gasteiger charge is 2.43. The zero-order valence-electron chi connectivity index (χ0n) is 11.3. The fourth-order valence-electron chi connectivity index (χ4n) is 2.31. The van der Waals surface area contributed by atoms with Crippen LogP contribution in [-0.4, -0.2) is 19.6 Å². The number of carbonyl (C=O) groups excluding carboxylic acids is 1. The summed E-state index contributed by atoms with van der Waals surface area (Å²) >= 11 is 6.04. The number of nitrogens with two attached hydrogens (primary N) is 1. The van der Waals surface area contributed by atoms with E-state index in [0.29, 0.717) is 23.0 Å². The van der Waals surface area contributed by atoms with Crippen LogP contribution in [-0.2, 0) is 4.79 Å². The van der Waals surface area contributed by atoms with Gasteiger partial charge < -0.3 is 15.8 Å². The Morgan fingerprint density at radius 3 is 2.68 bits per heavy atom.